The lowest BCUT2D eigenvalue weighted by atomic mass is 9.77. The molecule has 3 N–H and O–H groups in total. The summed E-state index contributed by atoms with van der Waals surface area (Å²) in [7, 11) is 0. The zero-order valence-corrected chi connectivity index (χ0v) is 16.9. The van der Waals surface area contributed by atoms with E-state index in [-0.39, 0.29) is 16.9 Å². The monoisotopic (exact) mass is 492 g/mol. The van der Waals surface area contributed by atoms with Crippen molar-refractivity contribution in [3.05, 3.63) is 59.2 Å². The fraction of sp³-hybridized carbons (Fsp3) is 0.350. The fourth-order valence-corrected chi connectivity index (χ4v) is 3.92. The maximum Gasteiger partial charge on any atom is 0.417 e. The summed E-state index contributed by atoms with van der Waals surface area (Å²) in [4.78, 5) is 19.8. The van der Waals surface area contributed by atoms with Crippen LogP contribution in [-0.2, 0) is 21.2 Å². The van der Waals surface area contributed by atoms with Gasteiger partial charge in [0.25, 0.3) is 11.9 Å². The molecule has 0 spiro atoms. The van der Waals surface area contributed by atoms with Crippen LogP contribution >= 0.6 is 0 Å². The van der Waals surface area contributed by atoms with Gasteiger partial charge in [0.05, 0.1) is 24.7 Å². The average Bonchev–Trinajstić information content (AvgIpc) is 3.14. The van der Waals surface area contributed by atoms with E-state index in [9.17, 15) is 35.5 Å². The molecule has 3 heterocycles. The van der Waals surface area contributed by atoms with Gasteiger partial charge in [-0.25, -0.2) is 9.38 Å². The van der Waals surface area contributed by atoms with E-state index in [1.165, 1.54) is 0 Å². The number of rotatable bonds is 3. The van der Waals surface area contributed by atoms with Gasteiger partial charge in [0.1, 0.15) is 17.1 Å². The van der Waals surface area contributed by atoms with Crippen molar-refractivity contribution in [2.45, 2.75) is 24.0 Å². The van der Waals surface area contributed by atoms with Crippen molar-refractivity contribution < 1.29 is 45.0 Å². The Bertz CT molecular complexity index is 1130. The first-order valence-corrected chi connectivity index (χ1v) is 9.62. The molecular weight excluding hydrogens is 477 g/mol. The summed E-state index contributed by atoms with van der Waals surface area (Å²) in [6.07, 6.45) is -11.2. The van der Waals surface area contributed by atoms with Gasteiger partial charge >= 0.3 is 12.4 Å². The third-order valence-corrected chi connectivity index (χ3v) is 5.52. The third kappa shape index (κ3) is 4.24. The van der Waals surface area contributed by atoms with Crippen LogP contribution in [0.1, 0.15) is 21.6 Å². The maximum atomic E-state index is 14.8. The smallest absolute Gasteiger partial charge is 0.417 e. The van der Waals surface area contributed by atoms with Crippen LogP contribution in [0.5, 0.6) is 0 Å². The highest BCUT2D eigenvalue weighted by Gasteiger charge is 2.62. The first kappa shape index (κ1) is 23.7. The number of fused-ring (bicyclic) bond motifs is 1. The highest BCUT2D eigenvalue weighted by molar-refractivity contribution is 6.02. The van der Waals surface area contributed by atoms with Crippen LogP contribution in [0.25, 0.3) is 0 Å². The highest BCUT2D eigenvalue weighted by Crippen LogP contribution is 2.50. The SMILES string of the molecule is NC1=NC2(c3cc(NC(=O)c4ccc(C(F)(F)F)cn4)ccc3F)COC(C(F)(F)F)C2CO1. The van der Waals surface area contributed by atoms with E-state index in [0.29, 0.717) is 12.3 Å². The van der Waals surface area contributed by atoms with E-state index in [2.05, 4.69) is 15.3 Å². The summed E-state index contributed by atoms with van der Waals surface area (Å²) < 4.78 is 103. The van der Waals surface area contributed by atoms with Gasteiger partial charge in [0.15, 0.2) is 6.10 Å². The number of hydrogen-bond donors (Lipinski definition) is 2. The standard InChI is InChI=1S/C20H15F7N4O3/c21-13-3-2-10(30-16(32)14-4-1-9(6-29-14)19(22,23)24)5-11(13)18-8-34-15(20(25,26)27)12(18)7-33-17(28)31-18/h1-6,12,15H,7-8H2,(H2,28,31)(H,30,32). The first-order valence-electron chi connectivity index (χ1n) is 9.62. The van der Waals surface area contributed by atoms with Crippen LogP contribution in [0.15, 0.2) is 41.5 Å². The molecule has 2 aliphatic rings. The molecule has 0 radical (unpaired) electrons. The predicted molar refractivity (Wildman–Crippen MR) is 102 cm³/mol. The molecule has 0 saturated carbocycles. The van der Waals surface area contributed by atoms with Gasteiger partial charge in [-0.15, -0.1) is 0 Å². The molecule has 1 amide bonds. The number of aliphatic imine (C=N–C) groups is 1. The Balaban J connectivity index is 1.66. The fourth-order valence-electron chi connectivity index (χ4n) is 3.92. The number of amides is 1. The molecule has 3 unspecified atom stereocenters. The lowest BCUT2D eigenvalue weighted by Crippen LogP contribution is -2.48. The van der Waals surface area contributed by atoms with Crippen molar-refractivity contribution in [1.82, 2.24) is 4.98 Å². The number of anilines is 1. The number of benzene rings is 1. The largest absolute Gasteiger partial charge is 0.465 e. The summed E-state index contributed by atoms with van der Waals surface area (Å²) in [5, 5.41) is 2.33. The molecule has 34 heavy (non-hydrogen) atoms. The van der Waals surface area contributed by atoms with Crippen LogP contribution in [0.2, 0.25) is 0 Å². The Hall–Kier alpha value is -3.42. The number of ether oxygens (including phenoxy) is 2. The Kier molecular flexibility index (Phi) is 5.66. The van der Waals surface area contributed by atoms with E-state index in [4.69, 9.17) is 15.2 Å². The molecule has 4 rings (SSSR count). The second-order valence-corrected chi connectivity index (χ2v) is 7.64. The second kappa shape index (κ2) is 8.11. The molecule has 2 aliphatic heterocycles. The molecule has 0 bridgehead atoms. The molecular formula is C20H15F7N4O3. The Morgan fingerprint density at radius 3 is 2.50 bits per heavy atom. The first-order chi connectivity index (χ1) is 15.8. The van der Waals surface area contributed by atoms with Gasteiger partial charge in [-0.05, 0) is 30.3 Å². The topological polar surface area (TPSA) is 98.8 Å². The Morgan fingerprint density at radius 1 is 1.15 bits per heavy atom. The summed E-state index contributed by atoms with van der Waals surface area (Å²) in [6, 6.07) is 4.14. The minimum atomic E-state index is -4.78. The van der Waals surface area contributed by atoms with Crippen molar-refractivity contribution in [3.63, 3.8) is 0 Å². The van der Waals surface area contributed by atoms with Crippen LogP contribution in [0, 0.1) is 11.7 Å². The van der Waals surface area contributed by atoms with Gasteiger partial charge in [0.2, 0.25) is 0 Å². The van der Waals surface area contributed by atoms with Crippen molar-refractivity contribution in [2.24, 2.45) is 16.6 Å². The third-order valence-electron chi connectivity index (χ3n) is 5.52. The molecule has 2 aromatic rings. The molecule has 1 aromatic heterocycles. The van der Waals surface area contributed by atoms with Gasteiger partial charge in [-0.2, -0.15) is 26.3 Å². The van der Waals surface area contributed by atoms with Gasteiger partial charge < -0.3 is 20.5 Å². The Labute approximate surface area is 186 Å². The normalized spacial score (nSPS) is 24.7. The highest BCUT2D eigenvalue weighted by atomic mass is 19.4. The van der Waals surface area contributed by atoms with E-state index >= 15 is 0 Å². The molecule has 182 valence electrons. The number of nitrogens with two attached hydrogens (primary N) is 1. The molecule has 7 nitrogen and oxygen atoms in total. The van der Waals surface area contributed by atoms with E-state index in [1.807, 2.05) is 0 Å². The summed E-state index contributed by atoms with van der Waals surface area (Å²) in [6.45, 7) is -1.19. The molecule has 1 aromatic carbocycles. The zero-order valence-electron chi connectivity index (χ0n) is 16.9. The number of alkyl halides is 6. The maximum absolute atomic E-state index is 14.8. The minimum absolute atomic E-state index is 0.0630. The molecule has 0 aliphatic carbocycles. The minimum Gasteiger partial charge on any atom is -0.465 e. The van der Waals surface area contributed by atoms with Crippen molar-refractivity contribution in [1.29, 1.82) is 0 Å². The van der Waals surface area contributed by atoms with Crippen LogP contribution < -0.4 is 11.1 Å². The Morgan fingerprint density at radius 2 is 1.88 bits per heavy atom. The van der Waals surface area contributed by atoms with E-state index < -0.39 is 66.4 Å². The number of halogens is 7. The van der Waals surface area contributed by atoms with E-state index in [0.717, 1.165) is 24.3 Å². The second-order valence-electron chi connectivity index (χ2n) is 7.64. The predicted octanol–water partition coefficient (Wildman–Crippen LogP) is 3.61. The van der Waals surface area contributed by atoms with Crippen molar-refractivity contribution >= 4 is 17.6 Å². The number of carbonyl (C=O) groups is 1. The lowest BCUT2D eigenvalue weighted by molar-refractivity contribution is -0.219. The van der Waals surface area contributed by atoms with Crippen LogP contribution in [0.3, 0.4) is 0 Å². The number of carbonyl (C=O) groups excluding carboxylic acids is 1. The number of nitrogens with one attached hydrogen (secondary N) is 1. The van der Waals surface area contributed by atoms with Gasteiger partial charge in [0, 0.05) is 17.4 Å². The summed E-state index contributed by atoms with van der Waals surface area (Å²) in [5.41, 5.74) is 1.87. The summed E-state index contributed by atoms with van der Waals surface area (Å²) in [5.74, 6) is -3.32. The average molecular weight is 492 g/mol. The van der Waals surface area contributed by atoms with Crippen molar-refractivity contribution in [2.75, 3.05) is 18.5 Å². The summed E-state index contributed by atoms with van der Waals surface area (Å²) >= 11 is 0. The number of hydrogen-bond acceptors (Lipinski definition) is 6. The number of amidine groups is 1. The molecule has 3 atom stereocenters. The number of pyridine rings is 1. The van der Waals surface area contributed by atoms with Crippen LogP contribution in [-0.4, -0.2) is 42.4 Å². The van der Waals surface area contributed by atoms with Gasteiger partial charge in [-0.3, -0.25) is 9.78 Å². The lowest BCUT2D eigenvalue weighted by Gasteiger charge is -2.36. The van der Waals surface area contributed by atoms with Crippen LogP contribution in [0.4, 0.5) is 36.4 Å². The molecule has 1 saturated heterocycles. The zero-order chi connectivity index (χ0) is 24.9. The number of nitrogens with zero attached hydrogens (tertiary/aromatic N) is 2. The number of aromatic nitrogens is 1. The molecule has 1 fully saturated rings. The quantitative estimate of drug-likeness (QED) is 0.638. The molecule has 14 heteroatoms. The van der Waals surface area contributed by atoms with Crippen molar-refractivity contribution in [3.8, 4) is 0 Å². The van der Waals surface area contributed by atoms with E-state index in [1.54, 1.807) is 0 Å². The van der Waals surface area contributed by atoms with Gasteiger partial charge in [-0.1, -0.05) is 0 Å².